The molecule has 6 heteroatoms. The molecule has 0 radical (unpaired) electrons. The molecule has 0 amide bonds. The van der Waals surface area contributed by atoms with Gasteiger partial charge in [-0.05, 0) is 88.0 Å². The van der Waals surface area contributed by atoms with Crippen molar-refractivity contribution in [1.82, 2.24) is 29.1 Å². The van der Waals surface area contributed by atoms with Gasteiger partial charge in [0.1, 0.15) is 5.65 Å². The molecular weight excluding hydrogens is 757 g/mol. The third-order valence-corrected chi connectivity index (χ3v) is 11.9. The highest BCUT2D eigenvalue weighted by Crippen LogP contribution is 2.44. The molecule has 0 saturated heterocycles. The van der Waals surface area contributed by atoms with Gasteiger partial charge in [-0.25, -0.2) is 9.97 Å². The smallest absolute Gasteiger partial charge is 0.238 e. The first-order valence-electron chi connectivity index (χ1n) is 20.8. The Morgan fingerprint density at radius 3 is 1.40 bits per heavy atom. The van der Waals surface area contributed by atoms with Gasteiger partial charge in [0.2, 0.25) is 5.95 Å². The van der Waals surface area contributed by atoms with Crippen molar-refractivity contribution in [3.63, 3.8) is 0 Å². The molecular formula is C56H36N6. The van der Waals surface area contributed by atoms with Crippen molar-refractivity contribution >= 4 is 43.7 Å². The van der Waals surface area contributed by atoms with Crippen molar-refractivity contribution in [3.8, 4) is 67.8 Å². The van der Waals surface area contributed by atoms with Crippen molar-refractivity contribution in [3.05, 3.63) is 219 Å². The van der Waals surface area contributed by atoms with Crippen LogP contribution >= 0.6 is 0 Å². The summed E-state index contributed by atoms with van der Waals surface area (Å²) in [6, 6.07) is 74.3. The minimum Gasteiger partial charge on any atom is -0.293 e. The summed E-state index contributed by atoms with van der Waals surface area (Å²) < 4.78 is 4.43. The van der Waals surface area contributed by atoms with Gasteiger partial charge in [0.05, 0.1) is 22.2 Å². The number of rotatable bonds is 7. The van der Waals surface area contributed by atoms with Gasteiger partial charge < -0.3 is 0 Å². The van der Waals surface area contributed by atoms with E-state index < -0.39 is 0 Å². The van der Waals surface area contributed by atoms with E-state index in [4.69, 9.17) is 19.9 Å². The summed E-state index contributed by atoms with van der Waals surface area (Å²) in [5, 5.41) is 4.47. The molecule has 0 unspecified atom stereocenters. The first-order chi connectivity index (χ1) is 30.8. The number of benzene rings is 8. The Balaban J connectivity index is 1.22. The molecule has 0 aliphatic rings. The molecule has 0 aliphatic heterocycles. The molecule has 12 rings (SSSR count). The predicted molar refractivity (Wildman–Crippen MR) is 253 cm³/mol. The maximum Gasteiger partial charge on any atom is 0.238 e. The van der Waals surface area contributed by atoms with Crippen LogP contribution in [0.15, 0.2) is 219 Å². The lowest BCUT2D eigenvalue weighted by Crippen LogP contribution is -2.09. The molecule has 4 heterocycles. The summed E-state index contributed by atoms with van der Waals surface area (Å²) in [5.41, 5.74) is 13.1. The number of para-hydroxylation sites is 4. The van der Waals surface area contributed by atoms with Gasteiger partial charge in [0.25, 0.3) is 0 Å². The third kappa shape index (κ3) is 5.80. The number of hydrogen-bond donors (Lipinski definition) is 0. The topological polar surface area (TPSA) is 61.4 Å². The Morgan fingerprint density at radius 1 is 0.323 bits per heavy atom. The average Bonchev–Trinajstić information content (AvgIpc) is 3.87. The largest absolute Gasteiger partial charge is 0.293 e. The van der Waals surface area contributed by atoms with Gasteiger partial charge in [0, 0.05) is 38.9 Å². The highest BCUT2D eigenvalue weighted by Gasteiger charge is 2.25. The standard InChI is InChI=1S/C56H36N6/c1-4-19-37(20-5-1)40-35-46(38-21-6-2-7-22-38)52(47(36-40)39-23-8-3-9-24-39)54-58-53(59-56(60-54)62-49-31-15-10-25-41(49)42-26-11-16-32-50(42)62)45-28-13-17-33-51(45)61-48-30-14-12-27-43(48)44-29-18-34-57-55(44)61/h1-36H. The van der Waals surface area contributed by atoms with Crippen LogP contribution in [0.1, 0.15) is 0 Å². The summed E-state index contributed by atoms with van der Waals surface area (Å²) in [5.74, 6) is 1.65. The number of hydrogen-bond acceptors (Lipinski definition) is 4. The quantitative estimate of drug-likeness (QED) is 0.161. The minimum absolute atomic E-state index is 0.530. The number of aromatic nitrogens is 6. The van der Waals surface area contributed by atoms with E-state index in [0.29, 0.717) is 17.6 Å². The molecule has 62 heavy (non-hydrogen) atoms. The fourth-order valence-electron chi connectivity index (χ4n) is 9.10. The number of fused-ring (bicyclic) bond motifs is 6. The van der Waals surface area contributed by atoms with E-state index in [0.717, 1.165) is 93.9 Å². The Labute approximate surface area is 357 Å². The molecule has 8 aromatic carbocycles. The van der Waals surface area contributed by atoms with Gasteiger partial charge in [-0.3, -0.25) is 9.13 Å². The maximum absolute atomic E-state index is 5.58. The minimum atomic E-state index is 0.530. The van der Waals surface area contributed by atoms with Crippen LogP contribution in [0.3, 0.4) is 0 Å². The predicted octanol–water partition coefficient (Wildman–Crippen LogP) is 13.8. The van der Waals surface area contributed by atoms with E-state index in [1.807, 2.05) is 12.3 Å². The first kappa shape index (κ1) is 35.5. The zero-order chi connectivity index (χ0) is 41.0. The third-order valence-electron chi connectivity index (χ3n) is 11.9. The lowest BCUT2D eigenvalue weighted by Gasteiger charge is -2.19. The van der Waals surface area contributed by atoms with E-state index in [1.54, 1.807) is 0 Å². The number of pyridine rings is 1. The van der Waals surface area contributed by atoms with Gasteiger partial charge in [-0.1, -0.05) is 158 Å². The SMILES string of the molecule is c1ccc(-c2cc(-c3ccccc3)c(-c3nc(-c4ccccc4-n4c5ccccc5c5cccnc54)nc(-n4c5ccccc5c5ccccc54)n3)c(-c3ccccc3)c2)cc1. The molecule has 0 bridgehead atoms. The molecule has 0 atom stereocenters. The van der Waals surface area contributed by atoms with E-state index in [-0.39, 0.29) is 0 Å². The highest BCUT2D eigenvalue weighted by molar-refractivity contribution is 6.10. The average molecular weight is 793 g/mol. The van der Waals surface area contributed by atoms with Crippen LogP contribution in [0.2, 0.25) is 0 Å². The Morgan fingerprint density at radius 2 is 0.790 bits per heavy atom. The second-order valence-corrected chi connectivity index (χ2v) is 15.4. The lowest BCUT2D eigenvalue weighted by molar-refractivity contribution is 0.952. The normalized spacial score (nSPS) is 11.5. The summed E-state index contributed by atoms with van der Waals surface area (Å²) in [6.45, 7) is 0. The van der Waals surface area contributed by atoms with Gasteiger partial charge >= 0.3 is 0 Å². The van der Waals surface area contributed by atoms with E-state index in [2.05, 4.69) is 215 Å². The van der Waals surface area contributed by atoms with Crippen LogP contribution < -0.4 is 0 Å². The van der Waals surface area contributed by atoms with Crippen molar-refractivity contribution < 1.29 is 0 Å². The van der Waals surface area contributed by atoms with Gasteiger partial charge in [-0.15, -0.1) is 0 Å². The number of nitrogens with zero attached hydrogens (tertiary/aromatic N) is 6. The van der Waals surface area contributed by atoms with Crippen LogP contribution in [-0.2, 0) is 0 Å². The van der Waals surface area contributed by atoms with E-state index >= 15 is 0 Å². The van der Waals surface area contributed by atoms with Gasteiger partial charge in [0.15, 0.2) is 11.6 Å². The van der Waals surface area contributed by atoms with Crippen LogP contribution in [0.25, 0.3) is 112 Å². The summed E-state index contributed by atoms with van der Waals surface area (Å²) in [4.78, 5) is 21.6. The molecule has 4 aromatic heterocycles. The van der Waals surface area contributed by atoms with Crippen LogP contribution in [0.5, 0.6) is 0 Å². The first-order valence-corrected chi connectivity index (χ1v) is 20.8. The molecule has 6 nitrogen and oxygen atoms in total. The van der Waals surface area contributed by atoms with Crippen LogP contribution in [0.4, 0.5) is 0 Å². The zero-order valence-corrected chi connectivity index (χ0v) is 33.5. The van der Waals surface area contributed by atoms with E-state index in [9.17, 15) is 0 Å². The molecule has 12 aromatic rings. The Kier molecular flexibility index (Phi) is 8.38. The Hall–Kier alpha value is -8.48. The van der Waals surface area contributed by atoms with Crippen molar-refractivity contribution in [2.45, 2.75) is 0 Å². The fourth-order valence-corrected chi connectivity index (χ4v) is 9.10. The second kappa shape index (κ2) is 14.7. The Bertz CT molecular complexity index is 3460. The van der Waals surface area contributed by atoms with Crippen molar-refractivity contribution in [2.75, 3.05) is 0 Å². The van der Waals surface area contributed by atoms with Crippen molar-refractivity contribution in [1.29, 1.82) is 0 Å². The van der Waals surface area contributed by atoms with E-state index in [1.165, 1.54) is 0 Å². The zero-order valence-electron chi connectivity index (χ0n) is 33.5. The molecule has 0 saturated carbocycles. The van der Waals surface area contributed by atoms with Gasteiger partial charge in [-0.2, -0.15) is 9.97 Å². The van der Waals surface area contributed by atoms with Crippen molar-refractivity contribution in [2.24, 2.45) is 0 Å². The molecule has 0 N–H and O–H groups in total. The summed E-state index contributed by atoms with van der Waals surface area (Å²) in [6.07, 6.45) is 1.86. The highest BCUT2D eigenvalue weighted by atomic mass is 15.2. The fraction of sp³-hybridized carbons (Fsp3) is 0. The summed E-state index contributed by atoms with van der Waals surface area (Å²) in [7, 11) is 0. The molecule has 0 fully saturated rings. The molecule has 0 spiro atoms. The summed E-state index contributed by atoms with van der Waals surface area (Å²) >= 11 is 0. The molecule has 290 valence electrons. The maximum atomic E-state index is 5.58. The lowest BCUT2D eigenvalue weighted by atomic mass is 9.87. The monoisotopic (exact) mass is 792 g/mol. The second-order valence-electron chi connectivity index (χ2n) is 15.4. The van der Waals surface area contributed by atoms with Crippen LogP contribution in [-0.4, -0.2) is 29.1 Å². The molecule has 0 aliphatic carbocycles. The van der Waals surface area contributed by atoms with Crippen LogP contribution in [0, 0.1) is 0 Å².